The second-order valence-electron chi connectivity index (χ2n) is 10.2. The zero-order valence-corrected chi connectivity index (χ0v) is 19.2. The minimum Gasteiger partial charge on any atom is -0.381 e. The molecule has 0 bridgehead atoms. The molecule has 6 rings (SSSR count). The van der Waals surface area contributed by atoms with Crippen molar-refractivity contribution < 1.29 is 4.74 Å². The van der Waals surface area contributed by atoms with Gasteiger partial charge in [-0.05, 0) is 74.7 Å². The van der Waals surface area contributed by atoms with Crippen LogP contribution >= 0.6 is 0 Å². The molecule has 32 heavy (non-hydrogen) atoms. The van der Waals surface area contributed by atoms with Gasteiger partial charge in [-0.1, -0.05) is 19.1 Å². The predicted molar refractivity (Wildman–Crippen MR) is 127 cm³/mol. The number of piperidine rings is 1. The molecule has 1 aromatic carbocycles. The molecule has 1 atom stereocenters. The maximum absolute atomic E-state index is 5.56. The van der Waals surface area contributed by atoms with Crippen LogP contribution in [0.3, 0.4) is 0 Å². The van der Waals surface area contributed by atoms with Crippen LogP contribution in [0.25, 0.3) is 0 Å². The highest BCUT2D eigenvalue weighted by atomic mass is 16.5. The van der Waals surface area contributed by atoms with Gasteiger partial charge in [0.1, 0.15) is 12.1 Å². The van der Waals surface area contributed by atoms with Gasteiger partial charge in [0.25, 0.3) is 0 Å². The number of aryl methyl sites for hydroxylation is 1. The van der Waals surface area contributed by atoms with Gasteiger partial charge in [-0.2, -0.15) is 0 Å². The average molecular weight is 434 g/mol. The van der Waals surface area contributed by atoms with Crippen molar-refractivity contribution in [1.82, 2.24) is 20.6 Å². The van der Waals surface area contributed by atoms with Gasteiger partial charge in [0.2, 0.25) is 0 Å². The van der Waals surface area contributed by atoms with E-state index in [1.54, 1.807) is 11.9 Å². The smallest absolute Gasteiger partial charge is 0.140 e. The Kier molecular flexibility index (Phi) is 5.40. The fourth-order valence-corrected chi connectivity index (χ4v) is 6.53. The quantitative estimate of drug-likeness (QED) is 0.769. The number of hydrogen-bond donors (Lipinski definition) is 2. The molecule has 3 aliphatic heterocycles. The fourth-order valence-electron chi connectivity index (χ4n) is 6.53. The molecular formula is C26H35N5O. The highest BCUT2D eigenvalue weighted by Crippen LogP contribution is 2.52. The third kappa shape index (κ3) is 3.44. The zero-order valence-electron chi connectivity index (χ0n) is 19.2. The molecule has 1 aromatic heterocycles. The number of benzene rings is 1. The van der Waals surface area contributed by atoms with Crippen LogP contribution < -0.4 is 15.5 Å². The van der Waals surface area contributed by atoms with Crippen LogP contribution in [-0.2, 0) is 23.1 Å². The Morgan fingerprint density at radius 2 is 2.00 bits per heavy atom. The second-order valence-corrected chi connectivity index (χ2v) is 10.2. The van der Waals surface area contributed by atoms with Crippen molar-refractivity contribution >= 4 is 11.5 Å². The van der Waals surface area contributed by atoms with Gasteiger partial charge in [0.05, 0.1) is 0 Å². The summed E-state index contributed by atoms with van der Waals surface area (Å²) in [6.07, 6.45) is 8.65. The Hall–Kier alpha value is -2.02. The summed E-state index contributed by atoms with van der Waals surface area (Å²) in [5, 5.41) is 7.45. The van der Waals surface area contributed by atoms with Crippen LogP contribution in [0.4, 0.5) is 11.5 Å². The van der Waals surface area contributed by atoms with E-state index in [4.69, 9.17) is 9.72 Å². The van der Waals surface area contributed by atoms with E-state index in [1.807, 2.05) is 0 Å². The van der Waals surface area contributed by atoms with Gasteiger partial charge < -0.3 is 20.3 Å². The molecule has 0 amide bonds. The monoisotopic (exact) mass is 433 g/mol. The number of anilines is 2. The van der Waals surface area contributed by atoms with E-state index in [0.29, 0.717) is 12.0 Å². The van der Waals surface area contributed by atoms with Crippen molar-refractivity contribution in [1.29, 1.82) is 0 Å². The number of aromatic nitrogens is 2. The molecule has 0 unspecified atom stereocenters. The van der Waals surface area contributed by atoms with Crippen LogP contribution in [0.15, 0.2) is 24.5 Å². The molecule has 0 radical (unpaired) electrons. The Balaban J connectivity index is 1.40. The first-order valence-electron chi connectivity index (χ1n) is 12.5. The molecule has 2 aromatic rings. The summed E-state index contributed by atoms with van der Waals surface area (Å²) >= 11 is 0. The summed E-state index contributed by atoms with van der Waals surface area (Å²) in [5.41, 5.74) is 7.26. The summed E-state index contributed by atoms with van der Waals surface area (Å²) in [6, 6.07) is 7.49. The van der Waals surface area contributed by atoms with Crippen molar-refractivity contribution in [3.63, 3.8) is 0 Å². The molecule has 1 aliphatic carbocycles. The molecule has 2 fully saturated rings. The molecule has 1 spiro atoms. The lowest BCUT2D eigenvalue weighted by Crippen LogP contribution is -2.43. The van der Waals surface area contributed by atoms with E-state index < -0.39 is 0 Å². The topological polar surface area (TPSA) is 62.3 Å². The molecule has 0 saturated carbocycles. The first-order valence-corrected chi connectivity index (χ1v) is 12.5. The average Bonchev–Trinajstić information content (AvgIpc) is 3.38. The minimum absolute atomic E-state index is 0.203. The molecular weight excluding hydrogens is 398 g/mol. The van der Waals surface area contributed by atoms with Crippen molar-refractivity contribution in [2.45, 2.75) is 69.4 Å². The van der Waals surface area contributed by atoms with Gasteiger partial charge in [-0.3, -0.25) is 0 Å². The number of rotatable bonds is 4. The van der Waals surface area contributed by atoms with Crippen LogP contribution in [0.2, 0.25) is 0 Å². The van der Waals surface area contributed by atoms with E-state index in [1.165, 1.54) is 41.8 Å². The SMILES string of the molecule is C[C@@H]1CCc2ncnc(N3CC4(CCNCC4)c4c(CNC5CCOCC5)cccc43)c21. The summed E-state index contributed by atoms with van der Waals surface area (Å²) in [4.78, 5) is 12.1. The summed E-state index contributed by atoms with van der Waals surface area (Å²) in [5.74, 6) is 1.69. The van der Waals surface area contributed by atoms with Crippen LogP contribution in [0.1, 0.15) is 67.3 Å². The van der Waals surface area contributed by atoms with E-state index in [0.717, 1.165) is 64.5 Å². The summed E-state index contributed by atoms with van der Waals surface area (Å²) in [7, 11) is 0. The predicted octanol–water partition coefficient (Wildman–Crippen LogP) is 3.57. The normalized spacial score (nSPS) is 24.7. The largest absolute Gasteiger partial charge is 0.381 e. The first-order chi connectivity index (χ1) is 15.8. The first kappa shape index (κ1) is 20.6. The zero-order chi connectivity index (χ0) is 21.5. The van der Waals surface area contributed by atoms with Gasteiger partial charge in [0, 0.05) is 54.7 Å². The van der Waals surface area contributed by atoms with Gasteiger partial charge in [0.15, 0.2) is 0 Å². The maximum atomic E-state index is 5.56. The number of nitrogens with one attached hydrogen (secondary N) is 2. The van der Waals surface area contributed by atoms with E-state index in [-0.39, 0.29) is 5.41 Å². The van der Waals surface area contributed by atoms with Gasteiger partial charge >= 0.3 is 0 Å². The highest BCUT2D eigenvalue weighted by molar-refractivity contribution is 5.75. The lowest BCUT2D eigenvalue weighted by Gasteiger charge is -2.36. The van der Waals surface area contributed by atoms with Gasteiger partial charge in [-0.15, -0.1) is 0 Å². The van der Waals surface area contributed by atoms with Crippen molar-refractivity contribution in [3.05, 3.63) is 46.9 Å². The molecule has 2 N–H and O–H groups in total. The Morgan fingerprint density at radius 3 is 2.84 bits per heavy atom. The molecule has 2 saturated heterocycles. The lowest BCUT2D eigenvalue weighted by atomic mass is 9.73. The Morgan fingerprint density at radius 1 is 1.16 bits per heavy atom. The highest BCUT2D eigenvalue weighted by Gasteiger charge is 2.46. The summed E-state index contributed by atoms with van der Waals surface area (Å²) < 4.78 is 5.56. The van der Waals surface area contributed by atoms with Gasteiger partial charge in [-0.25, -0.2) is 9.97 Å². The van der Waals surface area contributed by atoms with E-state index in [2.05, 4.69) is 45.6 Å². The number of hydrogen-bond acceptors (Lipinski definition) is 6. The minimum atomic E-state index is 0.203. The van der Waals surface area contributed by atoms with Crippen molar-refractivity contribution in [2.24, 2.45) is 0 Å². The van der Waals surface area contributed by atoms with Crippen molar-refractivity contribution in [2.75, 3.05) is 37.7 Å². The molecule has 6 nitrogen and oxygen atoms in total. The van der Waals surface area contributed by atoms with Crippen LogP contribution in [0, 0.1) is 0 Å². The Bertz CT molecular complexity index is 980. The second kappa shape index (κ2) is 8.40. The number of ether oxygens (including phenoxy) is 1. The van der Waals surface area contributed by atoms with E-state index >= 15 is 0 Å². The van der Waals surface area contributed by atoms with Crippen LogP contribution in [-0.4, -0.2) is 48.9 Å². The lowest BCUT2D eigenvalue weighted by molar-refractivity contribution is 0.0775. The number of fused-ring (bicyclic) bond motifs is 3. The standard InChI is InChI=1S/C26H35N5O/c1-18-5-6-21-23(18)25(30-17-29-21)31-16-26(9-11-27-12-10-26)24-19(3-2-4-22(24)31)15-28-20-7-13-32-14-8-20/h2-4,17-18,20,27-28H,5-16H2,1H3/t18-/m1/s1. The van der Waals surface area contributed by atoms with E-state index in [9.17, 15) is 0 Å². The third-order valence-corrected chi connectivity index (χ3v) is 8.28. The summed E-state index contributed by atoms with van der Waals surface area (Å²) in [6.45, 7) is 8.25. The molecule has 170 valence electrons. The molecule has 4 aliphatic rings. The third-order valence-electron chi connectivity index (χ3n) is 8.28. The van der Waals surface area contributed by atoms with Crippen LogP contribution in [0.5, 0.6) is 0 Å². The maximum Gasteiger partial charge on any atom is 0.140 e. The Labute approximate surface area is 191 Å². The fraction of sp³-hybridized carbons (Fsp3) is 0.615. The molecule has 6 heteroatoms. The van der Waals surface area contributed by atoms with Crippen molar-refractivity contribution in [3.8, 4) is 0 Å². The number of nitrogens with zero attached hydrogens (tertiary/aromatic N) is 3. The molecule has 4 heterocycles.